The molecule has 0 bridgehead atoms. The maximum absolute atomic E-state index is 6.15. The van der Waals surface area contributed by atoms with Crippen LogP contribution in [-0.4, -0.2) is 4.98 Å². The van der Waals surface area contributed by atoms with Crippen molar-refractivity contribution < 1.29 is 0 Å². The third-order valence-corrected chi connectivity index (χ3v) is 3.71. The first-order valence-electron chi connectivity index (χ1n) is 6.60. The van der Waals surface area contributed by atoms with Gasteiger partial charge in [0, 0.05) is 35.9 Å². The number of fused-ring (bicyclic) bond motifs is 1. The number of nitrogens with one attached hydrogen (secondary N) is 1. The molecule has 0 saturated heterocycles. The molecule has 1 heterocycles. The molecule has 3 heteroatoms. The van der Waals surface area contributed by atoms with Crippen molar-refractivity contribution in [1.82, 2.24) is 10.3 Å². The van der Waals surface area contributed by atoms with Gasteiger partial charge < -0.3 is 5.32 Å². The lowest BCUT2D eigenvalue weighted by Gasteiger charge is -2.08. The van der Waals surface area contributed by atoms with Crippen LogP contribution in [0.25, 0.3) is 10.8 Å². The summed E-state index contributed by atoms with van der Waals surface area (Å²) >= 11 is 6.15. The Labute approximate surface area is 123 Å². The standard InChI is InChI=1S/C17H15ClN2/c18-17-8-4-2-6-14(17)10-20-12-15-11-19-9-13-5-1-3-7-16(13)15/h1-9,11,20H,10,12H2. The minimum absolute atomic E-state index is 0.753. The highest BCUT2D eigenvalue weighted by Gasteiger charge is 2.02. The van der Waals surface area contributed by atoms with Gasteiger partial charge in [0.05, 0.1) is 0 Å². The minimum Gasteiger partial charge on any atom is -0.308 e. The average molecular weight is 283 g/mol. The molecule has 0 aliphatic rings. The molecule has 0 unspecified atom stereocenters. The van der Waals surface area contributed by atoms with Crippen molar-refractivity contribution in [2.24, 2.45) is 0 Å². The van der Waals surface area contributed by atoms with E-state index in [1.165, 1.54) is 16.3 Å². The Morgan fingerprint density at radius 2 is 1.60 bits per heavy atom. The van der Waals surface area contributed by atoms with E-state index in [4.69, 9.17) is 11.6 Å². The van der Waals surface area contributed by atoms with E-state index in [0.29, 0.717) is 0 Å². The van der Waals surface area contributed by atoms with Crippen molar-refractivity contribution in [2.45, 2.75) is 13.1 Å². The molecule has 0 aliphatic carbocycles. The van der Waals surface area contributed by atoms with Gasteiger partial charge in [-0.25, -0.2) is 0 Å². The van der Waals surface area contributed by atoms with Crippen molar-refractivity contribution in [3.05, 3.63) is 77.1 Å². The summed E-state index contributed by atoms with van der Waals surface area (Å²) < 4.78 is 0. The summed E-state index contributed by atoms with van der Waals surface area (Å²) in [7, 11) is 0. The van der Waals surface area contributed by atoms with Gasteiger partial charge in [-0.3, -0.25) is 4.98 Å². The highest BCUT2D eigenvalue weighted by molar-refractivity contribution is 6.31. The number of aromatic nitrogens is 1. The maximum atomic E-state index is 6.15. The van der Waals surface area contributed by atoms with E-state index < -0.39 is 0 Å². The molecule has 1 aromatic heterocycles. The predicted octanol–water partition coefficient (Wildman–Crippen LogP) is 4.18. The number of pyridine rings is 1. The lowest BCUT2D eigenvalue weighted by molar-refractivity contribution is 0.695. The number of hydrogen-bond donors (Lipinski definition) is 1. The fourth-order valence-corrected chi connectivity index (χ4v) is 2.50. The molecule has 0 saturated carbocycles. The van der Waals surface area contributed by atoms with Crippen molar-refractivity contribution in [1.29, 1.82) is 0 Å². The van der Waals surface area contributed by atoms with E-state index >= 15 is 0 Å². The van der Waals surface area contributed by atoms with Gasteiger partial charge >= 0.3 is 0 Å². The second-order valence-corrected chi connectivity index (χ2v) is 5.12. The SMILES string of the molecule is Clc1ccccc1CNCc1cncc2ccccc12. The molecular formula is C17H15ClN2. The molecule has 0 radical (unpaired) electrons. The molecule has 100 valence electrons. The summed E-state index contributed by atoms with van der Waals surface area (Å²) in [5.41, 5.74) is 2.32. The van der Waals surface area contributed by atoms with Gasteiger partial charge in [-0.05, 0) is 22.6 Å². The Hall–Kier alpha value is -1.90. The van der Waals surface area contributed by atoms with Gasteiger partial charge in [0.2, 0.25) is 0 Å². The van der Waals surface area contributed by atoms with Crippen LogP contribution in [0.4, 0.5) is 0 Å². The van der Waals surface area contributed by atoms with Gasteiger partial charge in [-0.2, -0.15) is 0 Å². The molecular weight excluding hydrogens is 268 g/mol. The lowest BCUT2D eigenvalue weighted by Crippen LogP contribution is -2.13. The molecule has 1 N–H and O–H groups in total. The van der Waals surface area contributed by atoms with Gasteiger partial charge in [0.1, 0.15) is 0 Å². The van der Waals surface area contributed by atoms with Gasteiger partial charge in [-0.15, -0.1) is 0 Å². The Balaban J connectivity index is 1.73. The van der Waals surface area contributed by atoms with Crippen LogP contribution in [0.2, 0.25) is 5.02 Å². The molecule has 3 rings (SSSR count). The van der Waals surface area contributed by atoms with Gasteiger partial charge in [0.15, 0.2) is 0 Å². The predicted molar refractivity (Wildman–Crippen MR) is 83.7 cm³/mol. The highest BCUT2D eigenvalue weighted by Crippen LogP contribution is 2.18. The van der Waals surface area contributed by atoms with Crippen LogP contribution in [0.5, 0.6) is 0 Å². The third-order valence-electron chi connectivity index (χ3n) is 3.34. The smallest absolute Gasteiger partial charge is 0.0450 e. The summed E-state index contributed by atoms with van der Waals surface area (Å²) in [6, 6.07) is 16.2. The molecule has 2 aromatic carbocycles. The first-order valence-corrected chi connectivity index (χ1v) is 6.98. The molecule has 0 spiro atoms. The highest BCUT2D eigenvalue weighted by atomic mass is 35.5. The van der Waals surface area contributed by atoms with Crippen molar-refractivity contribution in [3.8, 4) is 0 Å². The van der Waals surface area contributed by atoms with E-state index in [1.54, 1.807) is 0 Å². The molecule has 0 aliphatic heterocycles. The fraction of sp³-hybridized carbons (Fsp3) is 0.118. The van der Waals surface area contributed by atoms with Crippen LogP contribution < -0.4 is 5.32 Å². The normalized spacial score (nSPS) is 10.8. The van der Waals surface area contributed by atoms with E-state index in [2.05, 4.69) is 28.5 Å². The van der Waals surface area contributed by atoms with Crippen LogP contribution in [0.3, 0.4) is 0 Å². The second-order valence-electron chi connectivity index (χ2n) is 4.71. The zero-order valence-electron chi connectivity index (χ0n) is 11.0. The van der Waals surface area contributed by atoms with Gasteiger partial charge in [-0.1, -0.05) is 54.1 Å². The van der Waals surface area contributed by atoms with Crippen LogP contribution in [0.1, 0.15) is 11.1 Å². The quantitative estimate of drug-likeness (QED) is 0.776. The molecule has 20 heavy (non-hydrogen) atoms. The van der Waals surface area contributed by atoms with E-state index in [9.17, 15) is 0 Å². The first kappa shape index (κ1) is 13.1. The van der Waals surface area contributed by atoms with Crippen LogP contribution in [-0.2, 0) is 13.1 Å². The number of hydrogen-bond acceptors (Lipinski definition) is 2. The largest absolute Gasteiger partial charge is 0.308 e. The molecule has 0 amide bonds. The first-order chi connectivity index (χ1) is 9.84. The third kappa shape index (κ3) is 2.82. The second kappa shape index (κ2) is 6.04. The Morgan fingerprint density at radius 1 is 0.850 bits per heavy atom. The van der Waals surface area contributed by atoms with Crippen LogP contribution in [0, 0.1) is 0 Å². The Morgan fingerprint density at radius 3 is 2.50 bits per heavy atom. The molecule has 3 aromatic rings. The van der Waals surface area contributed by atoms with Crippen LogP contribution >= 0.6 is 11.6 Å². The molecule has 0 atom stereocenters. The lowest BCUT2D eigenvalue weighted by atomic mass is 10.1. The minimum atomic E-state index is 0.753. The van der Waals surface area contributed by atoms with Crippen molar-refractivity contribution in [2.75, 3.05) is 0 Å². The summed E-state index contributed by atoms with van der Waals surface area (Å²) in [6.07, 6.45) is 3.81. The van der Waals surface area contributed by atoms with Crippen molar-refractivity contribution in [3.63, 3.8) is 0 Å². The van der Waals surface area contributed by atoms with Gasteiger partial charge in [0.25, 0.3) is 0 Å². The summed E-state index contributed by atoms with van der Waals surface area (Å²) in [5, 5.41) is 6.64. The van der Waals surface area contributed by atoms with E-state index in [0.717, 1.165) is 23.7 Å². The average Bonchev–Trinajstić information content (AvgIpc) is 2.49. The van der Waals surface area contributed by atoms with Crippen LogP contribution in [0.15, 0.2) is 60.9 Å². The molecule has 2 nitrogen and oxygen atoms in total. The zero-order valence-corrected chi connectivity index (χ0v) is 11.8. The van der Waals surface area contributed by atoms with Crippen molar-refractivity contribution >= 4 is 22.4 Å². The monoisotopic (exact) mass is 282 g/mol. The van der Waals surface area contributed by atoms with E-state index in [1.807, 2.05) is 42.7 Å². The summed E-state index contributed by atoms with van der Waals surface area (Å²) in [5.74, 6) is 0. The Bertz CT molecular complexity index is 720. The topological polar surface area (TPSA) is 24.9 Å². The zero-order chi connectivity index (χ0) is 13.8. The molecule has 0 fully saturated rings. The number of halogens is 1. The Kier molecular flexibility index (Phi) is 3.95. The number of nitrogens with zero attached hydrogens (tertiary/aromatic N) is 1. The maximum Gasteiger partial charge on any atom is 0.0450 e. The number of rotatable bonds is 4. The van der Waals surface area contributed by atoms with E-state index in [-0.39, 0.29) is 0 Å². The fourth-order valence-electron chi connectivity index (χ4n) is 2.29. The number of benzene rings is 2. The summed E-state index contributed by atoms with van der Waals surface area (Å²) in [4.78, 5) is 4.29. The summed E-state index contributed by atoms with van der Waals surface area (Å²) in [6.45, 7) is 1.53.